The van der Waals surface area contributed by atoms with Gasteiger partial charge in [0.1, 0.15) is 0 Å². The Morgan fingerprint density at radius 3 is 2.79 bits per heavy atom. The number of Topliss-reactive ketones (excluding diaryl/α,β-unsaturated/α-hetero) is 1. The summed E-state index contributed by atoms with van der Waals surface area (Å²) in [7, 11) is 0. The third kappa shape index (κ3) is 2.13. The number of nitrogens with two attached hydrogens (primary N) is 1. The van der Waals surface area contributed by atoms with Crippen molar-refractivity contribution in [3.8, 4) is 0 Å². The van der Waals surface area contributed by atoms with Gasteiger partial charge in [0.05, 0.1) is 6.04 Å². The van der Waals surface area contributed by atoms with Gasteiger partial charge in [0.2, 0.25) is 0 Å². The zero-order valence-corrected chi connectivity index (χ0v) is 8.92. The van der Waals surface area contributed by atoms with Gasteiger partial charge in [-0.15, -0.1) is 0 Å². The minimum absolute atomic E-state index is 0.0567. The Morgan fingerprint density at radius 1 is 1.64 bits per heavy atom. The van der Waals surface area contributed by atoms with Crippen LogP contribution in [0.25, 0.3) is 0 Å². The van der Waals surface area contributed by atoms with E-state index < -0.39 is 0 Å². The van der Waals surface area contributed by atoms with Crippen LogP contribution in [0, 0.1) is 0 Å². The number of carbonyl (C=O) groups excluding carboxylic acids is 1. The van der Waals surface area contributed by atoms with Crippen molar-refractivity contribution in [1.29, 1.82) is 0 Å². The molecule has 78 valence electrons. The standard InChI is InChI=1S/C10H17N3O/c1-4-5-8-9(7(3)14)6(2)12-10(11)13-8/h8H,4-5H2,1-3H3,(H3,11,12,13)/t8-/m0/s1. The largest absolute Gasteiger partial charge is 0.370 e. The van der Waals surface area contributed by atoms with Crippen molar-refractivity contribution in [2.45, 2.75) is 39.7 Å². The highest BCUT2D eigenvalue weighted by molar-refractivity contribution is 5.97. The Balaban J connectivity index is 2.96. The Kier molecular flexibility index (Phi) is 3.28. The molecule has 0 saturated heterocycles. The normalized spacial score (nSPS) is 21.6. The van der Waals surface area contributed by atoms with Crippen LogP contribution in [0.4, 0.5) is 0 Å². The fraction of sp³-hybridized carbons (Fsp3) is 0.600. The predicted molar refractivity (Wildman–Crippen MR) is 56.8 cm³/mol. The second-order valence-corrected chi connectivity index (χ2v) is 3.54. The van der Waals surface area contributed by atoms with Crippen molar-refractivity contribution in [3.05, 3.63) is 11.3 Å². The van der Waals surface area contributed by atoms with Gasteiger partial charge in [0, 0.05) is 11.3 Å². The monoisotopic (exact) mass is 195 g/mol. The molecule has 0 amide bonds. The molecule has 0 aromatic heterocycles. The lowest BCUT2D eigenvalue weighted by Crippen LogP contribution is -2.38. The Labute approximate surface area is 84.3 Å². The minimum Gasteiger partial charge on any atom is -0.370 e. The molecule has 0 aliphatic carbocycles. The van der Waals surface area contributed by atoms with Crippen molar-refractivity contribution in [2.24, 2.45) is 10.7 Å². The molecule has 0 aromatic rings. The van der Waals surface area contributed by atoms with Crippen LogP contribution in [0.5, 0.6) is 0 Å². The molecule has 0 aromatic carbocycles. The topological polar surface area (TPSA) is 67.5 Å². The first-order valence-electron chi connectivity index (χ1n) is 4.88. The second-order valence-electron chi connectivity index (χ2n) is 3.54. The van der Waals surface area contributed by atoms with Crippen molar-refractivity contribution < 1.29 is 4.79 Å². The van der Waals surface area contributed by atoms with E-state index >= 15 is 0 Å². The third-order valence-electron chi connectivity index (χ3n) is 2.29. The van der Waals surface area contributed by atoms with Gasteiger partial charge in [-0.1, -0.05) is 13.3 Å². The smallest absolute Gasteiger partial charge is 0.193 e. The average molecular weight is 195 g/mol. The van der Waals surface area contributed by atoms with Crippen molar-refractivity contribution in [3.63, 3.8) is 0 Å². The van der Waals surface area contributed by atoms with E-state index in [9.17, 15) is 4.79 Å². The van der Waals surface area contributed by atoms with E-state index in [4.69, 9.17) is 5.73 Å². The summed E-state index contributed by atoms with van der Waals surface area (Å²) in [6.45, 7) is 5.50. The number of ketones is 1. The van der Waals surface area contributed by atoms with Crippen LogP contribution in [-0.2, 0) is 4.79 Å². The molecule has 0 spiro atoms. The van der Waals surface area contributed by atoms with E-state index in [0.29, 0.717) is 5.96 Å². The summed E-state index contributed by atoms with van der Waals surface area (Å²) in [5.74, 6) is 0.482. The number of hydrogen-bond acceptors (Lipinski definition) is 4. The maximum Gasteiger partial charge on any atom is 0.193 e. The zero-order chi connectivity index (χ0) is 10.7. The summed E-state index contributed by atoms with van der Waals surface area (Å²) in [5, 5.41) is 2.89. The van der Waals surface area contributed by atoms with Crippen LogP contribution in [0.1, 0.15) is 33.6 Å². The van der Waals surface area contributed by atoms with E-state index in [-0.39, 0.29) is 11.8 Å². The summed E-state index contributed by atoms with van der Waals surface area (Å²) in [5.41, 5.74) is 7.20. The SMILES string of the molecule is CCC[C@@H]1N=C(N)NC(C)=C1C(C)=O. The highest BCUT2D eigenvalue weighted by atomic mass is 16.1. The predicted octanol–water partition coefficient (Wildman–Crippen LogP) is 0.936. The number of hydrogen-bond donors (Lipinski definition) is 2. The quantitative estimate of drug-likeness (QED) is 0.704. The summed E-state index contributed by atoms with van der Waals surface area (Å²) in [6, 6.07) is -0.0567. The molecule has 0 radical (unpaired) electrons. The Bertz CT molecular complexity index is 304. The van der Waals surface area contributed by atoms with Crippen LogP contribution < -0.4 is 11.1 Å². The molecule has 1 heterocycles. The summed E-state index contributed by atoms with van der Waals surface area (Å²) in [4.78, 5) is 15.6. The molecule has 0 bridgehead atoms. The lowest BCUT2D eigenvalue weighted by molar-refractivity contribution is -0.113. The lowest BCUT2D eigenvalue weighted by Gasteiger charge is -2.23. The first-order valence-corrected chi connectivity index (χ1v) is 4.88. The minimum atomic E-state index is -0.0567. The molecular formula is C10H17N3O. The molecule has 1 aliphatic heterocycles. The number of aliphatic imine (C=N–C) groups is 1. The van der Waals surface area contributed by atoms with E-state index in [0.717, 1.165) is 24.1 Å². The fourth-order valence-corrected chi connectivity index (χ4v) is 1.76. The fourth-order valence-electron chi connectivity index (χ4n) is 1.76. The van der Waals surface area contributed by atoms with Crippen LogP contribution in [0.3, 0.4) is 0 Å². The summed E-state index contributed by atoms with van der Waals surface area (Å²) in [6.07, 6.45) is 1.86. The molecule has 1 aliphatic rings. The van der Waals surface area contributed by atoms with E-state index in [1.165, 1.54) is 0 Å². The van der Waals surface area contributed by atoms with Crippen LogP contribution in [0.2, 0.25) is 0 Å². The van der Waals surface area contributed by atoms with E-state index in [2.05, 4.69) is 17.2 Å². The molecule has 4 heteroatoms. The Morgan fingerprint density at radius 2 is 2.29 bits per heavy atom. The summed E-state index contributed by atoms with van der Waals surface area (Å²) >= 11 is 0. The van der Waals surface area contributed by atoms with Gasteiger partial charge in [-0.3, -0.25) is 4.79 Å². The highest BCUT2D eigenvalue weighted by Crippen LogP contribution is 2.19. The first-order chi connectivity index (χ1) is 6.56. The maximum absolute atomic E-state index is 11.4. The van der Waals surface area contributed by atoms with Crippen LogP contribution in [0.15, 0.2) is 16.3 Å². The number of rotatable bonds is 3. The van der Waals surface area contributed by atoms with Gasteiger partial charge in [-0.25, -0.2) is 4.99 Å². The van der Waals surface area contributed by atoms with Gasteiger partial charge in [-0.05, 0) is 20.3 Å². The van der Waals surface area contributed by atoms with Crippen LogP contribution >= 0.6 is 0 Å². The molecule has 0 saturated carbocycles. The van der Waals surface area contributed by atoms with Crippen molar-refractivity contribution >= 4 is 11.7 Å². The molecule has 0 fully saturated rings. The number of carbonyl (C=O) groups is 1. The Hall–Kier alpha value is -1.32. The molecule has 1 atom stereocenters. The molecule has 14 heavy (non-hydrogen) atoms. The number of nitrogens with one attached hydrogen (secondary N) is 1. The van der Waals surface area contributed by atoms with Gasteiger partial charge in [0.25, 0.3) is 0 Å². The second kappa shape index (κ2) is 4.26. The molecule has 0 unspecified atom stereocenters. The number of allylic oxidation sites excluding steroid dienone is 1. The maximum atomic E-state index is 11.4. The highest BCUT2D eigenvalue weighted by Gasteiger charge is 2.23. The van der Waals surface area contributed by atoms with Gasteiger partial charge in [0.15, 0.2) is 11.7 Å². The zero-order valence-electron chi connectivity index (χ0n) is 8.92. The molecular weight excluding hydrogens is 178 g/mol. The molecule has 3 N–H and O–H groups in total. The van der Waals surface area contributed by atoms with E-state index in [1.54, 1.807) is 6.92 Å². The van der Waals surface area contributed by atoms with Crippen molar-refractivity contribution in [1.82, 2.24) is 5.32 Å². The average Bonchev–Trinajstić information content (AvgIpc) is 2.01. The van der Waals surface area contributed by atoms with Gasteiger partial charge >= 0.3 is 0 Å². The first kappa shape index (κ1) is 10.8. The number of guanidine groups is 1. The molecule has 1 rings (SSSR count). The third-order valence-corrected chi connectivity index (χ3v) is 2.29. The lowest BCUT2D eigenvalue weighted by atomic mass is 9.97. The van der Waals surface area contributed by atoms with Crippen LogP contribution in [-0.4, -0.2) is 17.8 Å². The molecule has 4 nitrogen and oxygen atoms in total. The van der Waals surface area contributed by atoms with Gasteiger partial charge < -0.3 is 11.1 Å². The number of nitrogens with zero attached hydrogens (tertiary/aromatic N) is 1. The van der Waals surface area contributed by atoms with E-state index in [1.807, 2.05) is 6.92 Å². The van der Waals surface area contributed by atoms with Crippen molar-refractivity contribution in [2.75, 3.05) is 0 Å². The van der Waals surface area contributed by atoms with Gasteiger partial charge in [-0.2, -0.15) is 0 Å². The summed E-state index contributed by atoms with van der Waals surface area (Å²) < 4.78 is 0.